The van der Waals surface area contributed by atoms with Gasteiger partial charge in [-0.3, -0.25) is 0 Å². The molecule has 8 heteroatoms. The van der Waals surface area contributed by atoms with Crippen LogP contribution in [0.1, 0.15) is 28.0 Å². The van der Waals surface area contributed by atoms with Gasteiger partial charge in [0.2, 0.25) is 5.16 Å². The van der Waals surface area contributed by atoms with E-state index in [1.165, 1.54) is 23.1 Å². The van der Waals surface area contributed by atoms with Gasteiger partial charge >= 0.3 is 5.97 Å². The van der Waals surface area contributed by atoms with E-state index in [1.54, 1.807) is 29.1 Å². The van der Waals surface area contributed by atoms with Crippen LogP contribution in [0.25, 0.3) is 0 Å². The summed E-state index contributed by atoms with van der Waals surface area (Å²) in [5.41, 5.74) is 0.888. The van der Waals surface area contributed by atoms with Crippen LogP contribution < -0.4 is 4.74 Å². The van der Waals surface area contributed by atoms with Gasteiger partial charge in [-0.05, 0) is 47.5 Å². The Morgan fingerprint density at radius 1 is 1.32 bits per heavy atom. The Morgan fingerprint density at radius 2 is 2.12 bits per heavy atom. The average molecular weight is 372 g/mol. The van der Waals surface area contributed by atoms with Crippen molar-refractivity contribution in [3.05, 3.63) is 58.0 Å². The van der Waals surface area contributed by atoms with Crippen molar-refractivity contribution in [2.24, 2.45) is 5.10 Å². The largest absolute Gasteiger partial charge is 0.422 e. The molecule has 0 aliphatic heterocycles. The fraction of sp³-hybridized carbons (Fsp3) is 0.176. The Kier molecular flexibility index (Phi) is 5.62. The number of hydrogen-bond donors (Lipinski definition) is 0. The molecule has 0 saturated carbocycles. The molecule has 0 fully saturated rings. The molecule has 128 valence electrons. The number of ether oxygens (including phenoxy) is 1. The second-order valence-corrected chi connectivity index (χ2v) is 6.67. The lowest BCUT2D eigenvalue weighted by Crippen LogP contribution is -2.06. The molecular formula is C17H16N4O2S2. The van der Waals surface area contributed by atoms with E-state index in [9.17, 15) is 4.79 Å². The monoisotopic (exact) mass is 372 g/mol. The molecule has 2 heterocycles. The highest BCUT2D eigenvalue weighted by atomic mass is 32.2. The number of aromatic nitrogens is 3. The third-order valence-corrected chi connectivity index (χ3v) is 4.78. The summed E-state index contributed by atoms with van der Waals surface area (Å²) in [6, 6.07) is 10.7. The third kappa shape index (κ3) is 4.15. The number of carbonyl (C=O) groups is 1. The van der Waals surface area contributed by atoms with Crippen molar-refractivity contribution in [1.29, 1.82) is 0 Å². The standard InChI is InChI=1S/C17H16N4O2S2/c1-3-15-19-20-17(24-2)21(15)18-11-12-6-8-13(9-7-12)23-16(22)14-5-4-10-25-14/h4-11H,3H2,1-2H3/b18-11-. The van der Waals surface area contributed by atoms with Gasteiger partial charge in [-0.2, -0.15) is 9.78 Å². The van der Waals surface area contributed by atoms with Crippen molar-refractivity contribution in [3.8, 4) is 5.75 Å². The number of nitrogens with zero attached hydrogens (tertiary/aromatic N) is 4. The first-order valence-electron chi connectivity index (χ1n) is 7.59. The molecule has 2 aromatic heterocycles. The summed E-state index contributed by atoms with van der Waals surface area (Å²) in [5.74, 6) is 0.958. The Hall–Kier alpha value is -2.45. The van der Waals surface area contributed by atoms with Crippen LogP contribution in [-0.2, 0) is 6.42 Å². The van der Waals surface area contributed by atoms with Crippen molar-refractivity contribution in [2.75, 3.05) is 6.26 Å². The number of thiophene rings is 1. The summed E-state index contributed by atoms with van der Waals surface area (Å²) in [5, 5.41) is 15.2. The van der Waals surface area contributed by atoms with Crippen LogP contribution in [0, 0.1) is 0 Å². The first-order valence-corrected chi connectivity index (χ1v) is 9.70. The highest BCUT2D eigenvalue weighted by Crippen LogP contribution is 2.17. The van der Waals surface area contributed by atoms with Gasteiger partial charge in [-0.25, -0.2) is 4.79 Å². The third-order valence-electron chi connectivity index (χ3n) is 3.31. The van der Waals surface area contributed by atoms with Gasteiger partial charge in [0.15, 0.2) is 5.82 Å². The van der Waals surface area contributed by atoms with Crippen LogP contribution in [0.3, 0.4) is 0 Å². The molecule has 0 radical (unpaired) electrons. The number of carbonyl (C=O) groups excluding carboxylic acids is 1. The topological polar surface area (TPSA) is 69.4 Å². The predicted octanol–water partition coefficient (Wildman–Crippen LogP) is 3.73. The molecule has 3 rings (SSSR count). The van der Waals surface area contributed by atoms with Crippen LogP contribution in [0.2, 0.25) is 0 Å². The summed E-state index contributed by atoms with van der Waals surface area (Å²) in [7, 11) is 0. The lowest BCUT2D eigenvalue weighted by Gasteiger charge is -2.03. The second-order valence-electron chi connectivity index (χ2n) is 4.95. The van der Waals surface area contributed by atoms with E-state index < -0.39 is 0 Å². The highest BCUT2D eigenvalue weighted by Gasteiger charge is 2.10. The summed E-state index contributed by atoms with van der Waals surface area (Å²) in [6.07, 6.45) is 4.42. The number of rotatable bonds is 6. The molecule has 0 unspecified atom stereocenters. The Balaban J connectivity index is 1.70. The van der Waals surface area contributed by atoms with Gasteiger partial charge in [0, 0.05) is 6.42 Å². The van der Waals surface area contributed by atoms with Crippen molar-refractivity contribution in [2.45, 2.75) is 18.5 Å². The van der Waals surface area contributed by atoms with Crippen LogP contribution in [0.5, 0.6) is 5.75 Å². The molecule has 6 nitrogen and oxygen atoms in total. The highest BCUT2D eigenvalue weighted by molar-refractivity contribution is 7.98. The SMILES string of the molecule is CCc1nnc(SC)n1/N=C\c1ccc(OC(=O)c2cccs2)cc1. The van der Waals surface area contributed by atoms with Gasteiger partial charge in [0.1, 0.15) is 10.6 Å². The Labute approximate surface area is 153 Å². The predicted molar refractivity (Wildman–Crippen MR) is 99.9 cm³/mol. The fourth-order valence-corrected chi connectivity index (χ4v) is 3.10. The van der Waals surface area contributed by atoms with Crippen LogP contribution in [0.4, 0.5) is 0 Å². The molecular weight excluding hydrogens is 356 g/mol. The minimum absolute atomic E-state index is 0.349. The number of thioether (sulfide) groups is 1. The number of benzene rings is 1. The first-order chi connectivity index (χ1) is 12.2. The maximum Gasteiger partial charge on any atom is 0.353 e. The maximum atomic E-state index is 11.9. The quantitative estimate of drug-likeness (QED) is 0.285. The summed E-state index contributed by atoms with van der Waals surface area (Å²) in [4.78, 5) is 12.5. The van der Waals surface area contributed by atoms with Crippen molar-refractivity contribution >= 4 is 35.3 Å². The fourth-order valence-electron chi connectivity index (χ4n) is 2.06. The molecule has 0 saturated heterocycles. The molecule has 0 amide bonds. The van der Waals surface area contributed by atoms with Gasteiger partial charge in [-0.1, -0.05) is 24.8 Å². The minimum atomic E-state index is -0.349. The molecule has 0 atom stereocenters. The van der Waals surface area contributed by atoms with Crippen LogP contribution >= 0.6 is 23.1 Å². The Morgan fingerprint density at radius 3 is 2.76 bits per heavy atom. The second kappa shape index (κ2) is 8.09. The van der Waals surface area contributed by atoms with E-state index in [0.29, 0.717) is 10.6 Å². The van der Waals surface area contributed by atoms with Crippen LogP contribution in [0.15, 0.2) is 52.0 Å². The smallest absolute Gasteiger partial charge is 0.353 e. The summed E-state index contributed by atoms with van der Waals surface area (Å²) < 4.78 is 7.07. The lowest BCUT2D eigenvalue weighted by molar-refractivity contribution is 0.0740. The zero-order valence-corrected chi connectivity index (χ0v) is 15.4. The van der Waals surface area contributed by atoms with Crippen LogP contribution in [-0.4, -0.2) is 33.3 Å². The van der Waals surface area contributed by atoms with Gasteiger partial charge in [0.25, 0.3) is 0 Å². The summed E-state index contributed by atoms with van der Waals surface area (Å²) in [6.45, 7) is 2.01. The molecule has 0 spiro atoms. The van der Waals surface area contributed by atoms with Crippen molar-refractivity contribution in [3.63, 3.8) is 0 Å². The van der Waals surface area contributed by atoms with Gasteiger partial charge in [0.05, 0.1) is 6.21 Å². The number of esters is 1. The Bertz CT molecular complexity index is 849. The van der Waals surface area contributed by atoms with Crippen molar-refractivity contribution in [1.82, 2.24) is 14.9 Å². The molecule has 0 bridgehead atoms. The van der Waals surface area contributed by atoms with Gasteiger partial charge in [-0.15, -0.1) is 21.5 Å². The zero-order valence-electron chi connectivity index (χ0n) is 13.7. The lowest BCUT2D eigenvalue weighted by atomic mass is 10.2. The van der Waals surface area contributed by atoms with E-state index in [1.807, 2.05) is 36.8 Å². The molecule has 0 aliphatic rings. The summed E-state index contributed by atoms with van der Waals surface area (Å²) >= 11 is 2.85. The van der Waals surface area contributed by atoms with E-state index in [0.717, 1.165) is 23.0 Å². The maximum absolute atomic E-state index is 11.9. The van der Waals surface area contributed by atoms with E-state index in [4.69, 9.17) is 4.74 Å². The van der Waals surface area contributed by atoms with Crippen molar-refractivity contribution < 1.29 is 9.53 Å². The molecule has 1 aromatic carbocycles. The van der Waals surface area contributed by atoms with E-state index in [-0.39, 0.29) is 5.97 Å². The molecule has 3 aromatic rings. The first kappa shape index (κ1) is 17.4. The number of hydrogen-bond acceptors (Lipinski definition) is 7. The zero-order chi connectivity index (χ0) is 17.6. The molecule has 25 heavy (non-hydrogen) atoms. The van der Waals surface area contributed by atoms with Gasteiger partial charge < -0.3 is 4.74 Å². The number of aryl methyl sites for hydroxylation is 1. The van der Waals surface area contributed by atoms with E-state index >= 15 is 0 Å². The molecule has 0 N–H and O–H groups in total. The van der Waals surface area contributed by atoms with E-state index in [2.05, 4.69) is 15.3 Å². The normalized spacial score (nSPS) is 11.1. The minimum Gasteiger partial charge on any atom is -0.422 e. The average Bonchev–Trinajstić information content (AvgIpc) is 3.30. The molecule has 0 aliphatic carbocycles.